The van der Waals surface area contributed by atoms with Crippen molar-refractivity contribution in [2.24, 2.45) is 5.92 Å². The van der Waals surface area contributed by atoms with E-state index < -0.39 is 20.1 Å². The van der Waals surface area contributed by atoms with Gasteiger partial charge in [0.25, 0.3) is 0 Å². The molecule has 1 aliphatic rings. The van der Waals surface area contributed by atoms with E-state index in [9.17, 15) is 23.2 Å². The van der Waals surface area contributed by atoms with Crippen LogP contribution in [0.1, 0.15) is 52.4 Å². The van der Waals surface area contributed by atoms with E-state index in [0.29, 0.717) is 31.7 Å². The molecule has 0 spiro atoms. The number of carbonyl (C=O) groups excluding carboxylic acids is 3. The van der Waals surface area contributed by atoms with Crippen molar-refractivity contribution in [2.75, 3.05) is 11.9 Å². The molecule has 2 rings (SSSR count). The molecule has 29 heavy (non-hydrogen) atoms. The van der Waals surface area contributed by atoms with Crippen molar-refractivity contribution in [1.82, 2.24) is 0 Å². The molecular weight excluding hydrogens is 445 g/mol. The van der Waals surface area contributed by atoms with Crippen molar-refractivity contribution in [2.45, 2.75) is 52.4 Å². The van der Waals surface area contributed by atoms with Gasteiger partial charge in [0.05, 0.1) is 6.61 Å². The Labute approximate surface area is 172 Å². The molecule has 0 heterocycles. The first-order valence-corrected chi connectivity index (χ1v) is 12.8. The fraction of sp³-hybridized carbons (Fsp3) is 0.526. The Hall–Kier alpha value is -2.09. The average Bonchev–Trinajstić information content (AvgIpc) is 3.04. The molecule has 4 N–H and O–H groups in total. The molecule has 1 aromatic rings. The maximum atomic E-state index is 11.2. The molecule has 0 bridgehead atoms. The molecule has 162 valence electrons. The van der Waals surface area contributed by atoms with Crippen molar-refractivity contribution in [1.29, 1.82) is 0 Å². The minimum Gasteiger partial charge on any atom is -0.466 e. The Morgan fingerprint density at radius 1 is 1.31 bits per heavy atom. The predicted octanol–water partition coefficient (Wildman–Crippen LogP) is 1.00. The normalized spacial score (nSPS) is 16.0. The largest absolute Gasteiger partial charge is 0.466 e. The van der Waals surface area contributed by atoms with Crippen molar-refractivity contribution in [3.05, 3.63) is 18.2 Å². The van der Waals surface area contributed by atoms with Crippen LogP contribution in [0.2, 0.25) is 0 Å². The number of aromatic hydroxyl groups is 1. The van der Waals surface area contributed by atoms with Crippen LogP contribution in [0.4, 0.5) is 5.69 Å². The topological polar surface area (TPSA) is 150 Å². The zero-order chi connectivity index (χ0) is 22.0. The third kappa shape index (κ3) is 8.85. The van der Waals surface area contributed by atoms with Gasteiger partial charge in [-0.2, -0.15) is 0 Å². The zero-order valence-corrected chi connectivity index (χ0v) is 18.5. The summed E-state index contributed by atoms with van der Waals surface area (Å²) in [6.07, 6.45) is 4.59. The summed E-state index contributed by atoms with van der Waals surface area (Å²) in [5.41, 5.74) is -0.225. The number of phenolic OH excluding ortho intramolecular Hbond substituents is 1. The summed E-state index contributed by atoms with van der Waals surface area (Å²) in [4.78, 5) is 33.2. The predicted molar refractivity (Wildman–Crippen MR) is 106 cm³/mol. The number of amides is 1. The van der Waals surface area contributed by atoms with Crippen LogP contribution in [-0.4, -0.2) is 51.7 Å². The number of esters is 1. The number of phenols is 1. The zero-order valence-electron chi connectivity index (χ0n) is 16.6. The summed E-state index contributed by atoms with van der Waals surface area (Å²) in [5, 5.41) is 11.5. The van der Waals surface area contributed by atoms with Gasteiger partial charge in [-0.25, -0.2) is 0 Å². The summed E-state index contributed by atoms with van der Waals surface area (Å²) in [6.45, 7) is 3.65. The number of rotatable bonds is 7. The van der Waals surface area contributed by atoms with Gasteiger partial charge in [-0.05, 0) is 25.7 Å². The Morgan fingerprint density at radius 3 is 2.52 bits per heavy atom. The third-order valence-corrected chi connectivity index (χ3v) is 6.33. The molecule has 0 aromatic heterocycles. The Morgan fingerprint density at radius 2 is 2.00 bits per heavy atom. The van der Waals surface area contributed by atoms with Gasteiger partial charge >= 0.3 is 94.1 Å². The van der Waals surface area contributed by atoms with E-state index in [2.05, 4.69) is 5.32 Å². The van der Waals surface area contributed by atoms with E-state index in [0.717, 1.165) is 19.3 Å². The van der Waals surface area contributed by atoms with E-state index >= 15 is 0 Å². The van der Waals surface area contributed by atoms with Crippen LogP contribution in [0.15, 0.2) is 18.2 Å². The molecule has 1 aromatic carbocycles. The molecule has 1 unspecified atom stereocenters. The summed E-state index contributed by atoms with van der Waals surface area (Å²) < 4.78 is 33.7. The van der Waals surface area contributed by atoms with Gasteiger partial charge in [0.1, 0.15) is 5.78 Å². The van der Waals surface area contributed by atoms with Crippen LogP contribution in [0, 0.1) is 5.92 Å². The van der Waals surface area contributed by atoms with E-state index in [1.807, 2.05) is 6.92 Å². The van der Waals surface area contributed by atoms with Gasteiger partial charge in [-0.3, -0.25) is 9.59 Å². The first-order valence-electron chi connectivity index (χ1n) is 9.40. The Bertz CT molecular complexity index is 773. The van der Waals surface area contributed by atoms with Gasteiger partial charge in [0, 0.05) is 18.8 Å². The maximum absolute atomic E-state index is 11.2. The first-order chi connectivity index (χ1) is 13.6. The Balaban J connectivity index is 0.000000291. The van der Waals surface area contributed by atoms with Crippen LogP contribution in [0.25, 0.3) is 0 Å². The molecule has 1 atom stereocenters. The second-order valence-electron chi connectivity index (χ2n) is 6.71. The van der Waals surface area contributed by atoms with Crippen LogP contribution >= 0.6 is 0 Å². The van der Waals surface area contributed by atoms with Gasteiger partial charge in [-0.15, -0.1) is 0 Å². The van der Waals surface area contributed by atoms with E-state index in [4.69, 9.17) is 12.9 Å². The van der Waals surface area contributed by atoms with E-state index in [1.54, 1.807) is 0 Å². The third-order valence-electron chi connectivity index (χ3n) is 4.23. The van der Waals surface area contributed by atoms with Gasteiger partial charge in [0.2, 0.25) is 0 Å². The Kier molecular flexibility index (Phi) is 10.2. The van der Waals surface area contributed by atoms with Crippen LogP contribution in [0.3, 0.4) is 0 Å². The number of nitrogens with one attached hydrogen (secondary N) is 1. The summed E-state index contributed by atoms with van der Waals surface area (Å²) in [5.74, 6) is -0.585. The number of benzene rings is 1. The molecule has 1 fully saturated rings. The summed E-state index contributed by atoms with van der Waals surface area (Å²) in [7, 11) is 0. The first kappa shape index (κ1) is 24.9. The molecule has 10 heteroatoms. The molecular formula is C19H28AsNO8. The van der Waals surface area contributed by atoms with Crippen LogP contribution in [-0.2, 0) is 22.9 Å². The average molecular weight is 473 g/mol. The molecule has 9 nitrogen and oxygen atoms in total. The fourth-order valence-corrected chi connectivity index (χ4v) is 4.41. The number of hydrogen-bond donors (Lipinski definition) is 4. The quantitative estimate of drug-likeness (QED) is 0.260. The maximum Gasteiger partial charge on any atom is 0.305 e. The fourth-order valence-electron chi connectivity index (χ4n) is 2.85. The molecule has 0 saturated heterocycles. The minimum absolute atomic E-state index is 0.129. The number of carbonyl (C=O) groups is 3. The van der Waals surface area contributed by atoms with Crippen molar-refractivity contribution in [3.8, 4) is 5.75 Å². The number of ketones is 1. The van der Waals surface area contributed by atoms with Crippen LogP contribution in [0.5, 0.6) is 5.75 Å². The summed E-state index contributed by atoms with van der Waals surface area (Å²) >= 11 is -5.14. The van der Waals surface area contributed by atoms with Gasteiger partial charge < -0.3 is 4.74 Å². The van der Waals surface area contributed by atoms with Crippen molar-refractivity contribution >= 4 is 41.9 Å². The van der Waals surface area contributed by atoms with Gasteiger partial charge in [-0.1, -0.05) is 6.92 Å². The smallest absolute Gasteiger partial charge is 0.305 e. The molecule has 1 saturated carbocycles. The molecule has 0 aliphatic heterocycles. The van der Waals surface area contributed by atoms with E-state index in [1.165, 1.54) is 25.1 Å². The standard InChI is InChI=1S/C11H18O3.C8H10AsNO5/c1-2-8-14-11(13)7-6-9-4-3-5-10(9)12;1-5(11)10-8-6(9(13,14)15)3-2-4-7(8)12/h9H,2-8H2,1H3;2-4,12H,1H3,(H,10,11)(H2,13,14,15). The monoisotopic (exact) mass is 473 g/mol. The summed E-state index contributed by atoms with van der Waals surface area (Å²) in [6, 6.07) is 3.71. The van der Waals surface area contributed by atoms with Crippen molar-refractivity contribution in [3.63, 3.8) is 0 Å². The van der Waals surface area contributed by atoms with Crippen LogP contribution < -0.4 is 9.67 Å². The van der Waals surface area contributed by atoms with Gasteiger partial charge in [0.15, 0.2) is 0 Å². The number of ether oxygens (including phenoxy) is 1. The molecule has 1 aliphatic carbocycles. The van der Waals surface area contributed by atoms with E-state index in [-0.39, 0.29) is 27.7 Å². The number of hydrogen-bond acceptors (Lipinski definition) is 6. The number of para-hydroxylation sites is 1. The number of Topliss-reactive ketones (excluding diaryl/α,β-unsaturated/α-hetero) is 1. The second kappa shape index (κ2) is 11.8. The van der Waals surface area contributed by atoms with Crippen molar-refractivity contribution < 1.29 is 36.2 Å². The minimum atomic E-state index is -5.14. The second-order valence-corrected chi connectivity index (χ2v) is 10.0. The molecule has 1 amide bonds. The SMILES string of the molecule is CC(=O)Nc1c(O)cccc1[As](=O)(O)O.CCCOC(=O)CCC1CCCC1=O. The molecule has 0 radical (unpaired) electrons. The number of anilines is 1.